The molecule has 38 heavy (non-hydrogen) atoms. The van der Waals surface area contributed by atoms with Gasteiger partial charge in [0.05, 0.1) is 33.3 Å². The second-order valence-corrected chi connectivity index (χ2v) is 10.5. The van der Waals surface area contributed by atoms with Crippen LogP contribution >= 0.6 is 11.3 Å². The summed E-state index contributed by atoms with van der Waals surface area (Å²) in [5.74, 6) is 0.723. The van der Waals surface area contributed by atoms with Gasteiger partial charge in [-0.15, -0.1) is 11.3 Å². The SMILES string of the molecule is c1ccc(-c2ncc(-n3c4ccccc4c4ccc5c6ccccc6sc5c43)c(-c3ccccc3)n2)cc1. The van der Waals surface area contributed by atoms with Crippen LogP contribution in [0.15, 0.2) is 128 Å². The molecule has 0 aliphatic carbocycles. The van der Waals surface area contributed by atoms with Crippen LogP contribution < -0.4 is 0 Å². The second-order valence-electron chi connectivity index (χ2n) is 9.45. The van der Waals surface area contributed by atoms with Crippen LogP contribution in [-0.4, -0.2) is 14.5 Å². The standard InChI is InChI=1S/C34H21N3S/c1-3-11-22(12-4-1)31-29(21-35-34(36-31)23-13-5-2-6-14-23)37-28-17-9-7-15-24(28)26-19-20-27-25-16-8-10-18-30(25)38-33(27)32(26)37/h1-21H. The summed E-state index contributed by atoms with van der Waals surface area (Å²) < 4.78 is 4.95. The molecular formula is C34H21N3S. The Morgan fingerprint density at radius 3 is 2.03 bits per heavy atom. The number of aromatic nitrogens is 3. The second kappa shape index (κ2) is 8.37. The first-order valence-corrected chi connectivity index (χ1v) is 13.5. The molecular weight excluding hydrogens is 482 g/mol. The quantitative estimate of drug-likeness (QED) is 0.240. The number of para-hydroxylation sites is 1. The van der Waals surface area contributed by atoms with Crippen LogP contribution in [0.5, 0.6) is 0 Å². The van der Waals surface area contributed by atoms with Crippen LogP contribution in [0.25, 0.3) is 70.3 Å². The number of fused-ring (bicyclic) bond motifs is 7. The Bertz CT molecular complexity index is 2120. The molecule has 0 saturated carbocycles. The third kappa shape index (κ3) is 3.14. The van der Waals surface area contributed by atoms with E-state index in [1.165, 1.54) is 36.5 Å². The van der Waals surface area contributed by atoms with E-state index in [0.29, 0.717) is 0 Å². The highest BCUT2D eigenvalue weighted by atomic mass is 32.1. The molecule has 8 rings (SSSR count). The molecule has 3 nitrogen and oxygen atoms in total. The van der Waals surface area contributed by atoms with Crippen LogP contribution in [0.1, 0.15) is 0 Å². The third-order valence-electron chi connectivity index (χ3n) is 7.27. The van der Waals surface area contributed by atoms with Crippen molar-refractivity contribution in [3.05, 3.63) is 128 Å². The summed E-state index contributed by atoms with van der Waals surface area (Å²) in [5, 5.41) is 5.05. The van der Waals surface area contributed by atoms with Gasteiger partial charge in [-0.25, -0.2) is 9.97 Å². The predicted molar refractivity (Wildman–Crippen MR) is 160 cm³/mol. The summed E-state index contributed by atoms with van der Waals surface area (Å²) in [6.45, 7) is 0. The molecule has 0 atom stereocenters. The van der Waals surface area contributed by atoms with Gasteiger partial charge in [0.15, 0.2) is 5.82 Å². The largest absolute Gasteiger partial charge is 0.304 e. The molecule has 4 heteroatoms. The Hall–Kier alpha value is -4.80. The maximum atomic E-state index is 5.18. The van der Waals surface area contributed by atoms with Gasteiger partial charge < -0.3 is 4.57 Å². The summed E-state index contributed by atoms with van der Waals surface area (Å²) in [5.41, 5.74) is 6.33. The van der Waals surface area contributed by atoms with Crippen molar-refractivity contribution >= 4 is 53.3 Å². The summed E-state index contributed by atoms with van der Waals surface area (Å²) >= 11 is 1.86. The molecule has 0 spiro atoms. The zero-order valence-corrected chi connectivity index (χ0v) is 21.2. The van der Waals surface area contributed by atoms with Gasteiger partial charge in [0.2, 0.25) is 0 Å². The first-order chi connectivity index (χ1) is 18.9. The monoisotopic (exact) mass is 503 g/mol. The maximum Gasteiger partial charge on any atom is 0.159 e. The van der Waals surface area contributed by atoms with E-state index in [1.807, 2.05) is 41.8 Å². The van der Waals surface area contributed by atoms with E-state index in [9.17, 15) is 0 Å². The van der Waals surface area contributed by atoms with Crippen LogP contribution in [0.3, 0.4) is 0 Å². The fourth-order valence-corrected chi connectivity index (χ4v) is 6.80. The summed E-state index contributed by atoms with van der Waals surface area (Å²) in [6.07, 6.45) is 2.00. The molecule has 5 aromatic carbocycles. The van der Waals surface area contributed by atoms with Crippen molar-refractivity contribution < 1.29 is 0 Å². The number of hydrogen-bond acceptors (Lipinski definition) is 3. The van der Waals surface area contributed by atoms with Gasteiger partial charge in [-0.2, -0.15) is 0 Å². The zero-order chi connectivity index (χ0) is 25.1. The Kier molecular flexibility index (Phi) is 4.69. The van der Waals surface area contributed by atoms with E-state index in [1.54, 1.807) is 0 Å². The molecule has 0 aliphatic rings. The predicted octanol–water partition coefficient (Wildman–Crippen LogP) is 9.28. The Labute approximate surface area is 223 Å². The molecule has 0 radical (unpaired) electrons. The zero-order valence-electron chi connectivity index (χ0n) is 20.4. The Morgan fingerprint density at radius 1 is 0.553 bits per heavy atom. The molecule has 8 aromatic rings. The average Bonchev–Trinajstić information content (AvgIpc) is 3.54. The van der Waals surface area contributed by atoms with E-state index in [-0.39, 0.29) is 0 Å². The van der Waals surface area contributed by atoms with Gasteiger partial charge in [0, 0.05) is 37.4 Å². The molecule has 0 bridgehead atoms. The van der Waals surface area contributed by atoms with Crippen molar-refractivity contribution in [2.24, 2.45) is 0 Å². The van der Waals surface area contributed by atoms with E-state index >= 15 is 0 Å². The number of hydrogen-bond donors (Lipinski definition) is 0. The highest BCUT2D eigenvalue weighted by Gasteiger charge is 2.21. The highest BCUT2D eigenvalue weighted by molar-refractivity contribution is 7.26. The van der Waals surface area contributed by atoms with Gasteiger partial charge in [0.1, 0.15) is 0 Å². The van der Waals surface area contributed by atoms with Crippen LogP contribution in [0, 0.1) is 0 Å². The molecule has 0 fully saturated rings. The van der Waals surface area contributed by atoms with Crippen molar-refractivity contribution in [2.75, 3.05) is 0 Å². The Morgan fingerprint density at radius 2 is 1.21 bits per heavy atom. The van der Waals surface area contributed by atoms with Crippen LogP contribution in [-0.2, 0) is 0 Å². The fourth-order valence-electron chi connectivity index (χ4n) is 5.55. The molecule has 3 aromatic heterocycles. The van der Waals surface area contributed by atoms with Crippen molar-refractivity contribution in [3.8, 4) is 28.3 Å². The number of benzene rings is 5. The number of thiophene rings is 1. The van der Waals surface area contributed by atoms with Crippen molar-refractivity contribution in [1.82, 2.24) is 14.5 Å². The van der Waals surface area contributed by atoms with Gasteiger partial charge in [-0.05, 0) is 12.1 Å². The third-order valence-corrected chi connectivity index (χ3v) is 8.46. The van der Waals surface area contributed by atoms with E-state index in [0.717, 1.165) is 33.8 Å². The fraction of sp³-hybridized carbons (Fsp3) is 0. The summed E-state index contributed by atoms with van der Waals surface area (Å²) in [4.78, 5) is 10.1. The molecule has 0 aliphatic heterocycles. The smallest absolute Gasteiger partial charge is 0.159 e. The topological polar surface area (TPSA) is 30.7 Å². The summed E-state index contributed by atoms with van der Waals surface area (Å²) in [7, 11) is 0. The van der Waals surface area contributed by atoms with Crippen molar-refractivity contribution in [1.29, 1.82) is 0 Å². The molecule has 3 heterocycles. The molecule has 0 N–H and O–H groups in total. The molecule has 0 amide bonds. The van der Waals surface area contributed by atoms with Gasteiger partial charge >= 0.3 is 0 Å². The maximum absolute atomic E-state index is 5.18. The lowest BCUT2D eigenvalue weighted by Crippen LogP contribution is -2.02. The first kappa shape index (κ1) is 21.3. The lowest BCUT2D eigenvalue weighted by Gasteiger charge is -2.14. The van der Waals surface area contributed by atoms with Crippen molar-refractivity contribution in [3.63, 3.8) is 0 Å². The van der Waals surface area contributed by atoms with Gasteiger partial charge in [-0.1, -0.05) is 109 Å². The normalized spacial score (nSPS) is 11.7. The van der Waals surface area contributed by atoms with E-state index in [2.05, 4.69) is 102 Å². The van der Waals surface area contributed by atoms with E-state index in [4.69, 9.17) is 9.97 Å². The minimum Gasteiger partial charge on any atom is -0.304 e. The minimum absolute atomic E-state index is 0.723. The molecule has 0 saturated heterocycles. The number of rotatable bonds is 3. The van der Waals surface area contributed by atoms with E-state index < -0.39 is 0 Å². The van der Waals surface area contributed by atoms with Crippen molar-refractivity contribution in [2.45, 2.75) is 0 Å². The van der Waals surface area contributed by atoms with Gasteiger partial charge in [-0.3, -0.25) is 0 Å². The lowest BCUT2D eigenvalue weighted by atomic mass is 10.1. The van der Waals surface area contributed by atoms with Crippen LogP contribution in [0.4, 0.5) is 0 Å². The average molecular weight is 504 g/mol. The molecule has 0 unspecified atom stereocenters. The highest BCUT2D eigenvalue weighted by Crippen LogP contribution is 2.43. The summed E-state index contributed by atoms with van der Waals surface area (Å²) in [6, 6.07) is 42.5. The number of nitrogens with zero attached hydrogens (tertiary/aromatic N) is 3. The van der Waals surface area contributed by atoms with Gasteiger partial charge in [0.25, 0.3) is 0 Å². The lowest BCUT2D eigenvalue weighted by molar-refractivity contribution is 1.09. The Balaban J connectivity index is 1.53. The van der Waals surface area contributed by atoms with Crippen LogP contribution in [0.2, 0.25) is 0 Å². The molecule has 178 valence electrons. The minimum atomic E-state index is 0.723. The first-order valence-electron chi connectivity index (χ1n) is 12.7.